The molecule has 0 saturated carbocycles. The van der Waals surface area contributed by atoms with Crippen molar-refractivity contribution in [2.45, 2.75) is 137 Å². The highest BCUT2D eigenvalue weighted by Crippen LogP contribution is 2.50. The fourth-order valence-electron chi connectivity index (χ4n) is 14.5. The topological polar surface area (TPSA) is 172 Å². The second kappa shape index (κ2) is 25.7. The number of carbonyl (C=O) groups is 3. The third-order valence-corrected chi connectivity index (χ3v) is 19.9. The van der Waals surface area contributed by atoms with Crippen molar-refractivity contribution < 1.29 is 41.8 Å². The van der Waals surface area contributed by atoms with Crippen molar-refractivity contribution in [3.05, 3.63) is 127 Å². The molecule has 3 saturated heterocycles. The number of hydrogen-bond acceptors (Lipinski definition) is 15. The maximum Gasteiger partial charge on any atom is 0.262 e. The lowest BCUT2D eigenvalue weighted by atomic mass is 9.92. The van der Waals surface area contributed by atoms with Gasteiger partial charge in [-0.3, -0.25) is 14.4 Å². The van der Waals surface area contributed by atoms with Gasteiger partial charge in [-0.25, -0.2) is 29.4 Å². The number of piperidine rings is 3. The van der Waals surface area contributed by atoms with E-state index in [-0.39, 0.29) is 55.0 Å². The summed E-state index contributed by atoms with van der Waals surface area (Å²) in [7, 11) is 0. The molecule has 9 aliphatic rings. The molecule has 0 spiro atoms. The zero-order valence-corrected chi connectivity index (χ0v) is 54.2. The van der Waals surface area contributed by atoms with Crippen LogP contribution in [-0.4, -0.2) is 111 Å². The highest BCUT2D eigenvalue weighted by Gasteiger charge is 2.41. The van der Waals surface area contributed by atoms with Gasteiger partial charge in [0.25, 0.3) is 17.7 Å². The summed E-state index contributed by atoms with van der Waals surface area (Å²) < 4.78 is 62.6. The van der Waals surface area contributed by atoms with Crippen molar-refractivity contribution in [3.8, 4) is 50.6 Å². The van der Waals surface area contributed by atoms with Gasteiger partial charge in [-0.15, -0.1) is 0 Å². The highest BCUT2D eigenvalue weighted by atomic mass is 19.1. The minimum Gasteiger partial charge on any atom is -0.483 e. The fourth-order valence-corrected chi connectivity index (χ4v) is 14.5. The van der Waals surface area contributed by atoms with Gasteiger partial charge in [0.05, 0.1) is 17.1 Å². The summed E-state index contributed by atoms with van der Waals surface area (Å²) in [6.45, 7) is 22.5. The lowest BCUT2D eigenvalue weighted by molar-refractivity contribution is -0.123. The third kappa shape index (κ3) is 11.9. The number of nitrogens with one attached hydrogen (secondary N) is 3. The minimum absolute atomic E-state index is 0.156. The van der Waals surface area contributed by atoms with Crippen molar-refractivity contribution in [1.29, 1.82) is 0 Å². The average molecular weight is 1270 g/mol. The zero-order valence-electron chi connectivity index (χ0n) is 54.2. The number of amides is 3. The molecule has 486 valence electrons. The van der Waals surface area contributed by atoms with Crippen LogP contribution < -0.4 is 59.9 Å². The summed E-state index contributed by atoms with van der Waals surface area (Å²) in [6, 6.07) is 32.3. The average Bonchev–Trinajstić information content (AvgIpc) is 0.785. The molecule has 9 aliphatic heterocycles. The normalized spacial score (nSPS) is 25.2. The molecule has 1 unspecified atom stereocenters. The minimum atomic E-state index is -0.403. The quantitative estimate of drug-likeness (QED) is 0.144. The van der Waals surface area contributed by atoms with Crippen molar-refractivity contribution in [3.63, 3.8) is 0 Å². The van der Waals surface area contributed by atoms with Gasteiger partial charge in [-0.05, 0) is 152 Å². The number of nitrogens with zero attached hydrogens (tertiary/aromatic N) is 9. The maximum atomic E-state index is 14.9. The van der Waals surface area contributed by atoms with Crippen molar-refractivity contribution in [2.24, 2.45) is 33.1 Å². The summed E-state index contributed by atoms with van der Waals surface area (Å²) >= 11 is 0. The molecule has 9 heterocycles. The van der Waals surface area contributed by atoms with E-state index in [2.05, 4.69) is 106 Å². The van der Waals surface area contributed by atoms with Crippen LogP contribution in [0.4, 0.5) is 47.3 Å². The van der Waals surface area contributed by atoms with E-state index in [9.17, 15) is 27.6 Å². The lowest BCUT2D eigenvalue weighted by Crippen LogP contribution is -2.55. The fraction of sp³-hybridized carbons (Fsp3) is 0.417. The summed E-state index contributed by atoms with van der Waals surface area (Å²) in [6.07, 6.45) is 6.80. The molecule has 6 aromatic carbocycles. The van der Waals surface area contributed by atoms with Gasteiger partial charge >= 0.3 is 0 Å². The van der Waals surface area contributed by atoms with E-state index in [0.717, 1.165) is 89.7 Å². The zero-order chi connectivity index (χ0) is 65.1. The standard InChI is InChI=1S/3C24H27FN4O2/c3*1-14-8-9-15(2)28(12-14)20-11-21-22(10-18(20)17-6-4-5-7-19(17)25)31-13-23-26-27-24(30)16(3)29(21)23/h3*4-7,10-11,14-16H,8-9,12-13H2,1-3H3,(H,27,30)/t14-,15-,16?;14-,15-,16+;14-,15-,16-/m111/s1. The van der Waals surface area contributed by atoms with Crippen LogP contribution >= 0.6 is 0 Å². The van der Waals surface area contributed by atoms with Crippen LogP contribution in [0.1, 0.15) is 101 Å². The van der Waals surface area contributed by atoms with Crippen LogP contribution in [0.2, 0.25) is 0 Å². The molecule has 3 fully saturated rings. The Bertz CT molecular complexity index is 3610. The number of fused-ring (bicyclic) bond motifs is 9. The molecule has 0 aromatic heterocycles. The molecule has 0 aliphatic carbocycles. The number of hydrogen-bond donors (Lipinski definition) is 3. The predicted molar refractivity (Wildman–Crippen MR) is 360 cm³/mol. The van der Waals surface area contributed by atoms with Crippen LogP contribution in [0.3, 0.4) is 0 Å². The first kappa shape index (κ1) is 62.5. The van der Waals surface area contributed by atoms with E-state index in [1.54, 1.807) is 18.2 Å². The first-order chi connectivity index (χ1) is 44.8. The number of benzene rings is 6. The van der Waals surface area contributed by atoms with Crippen LogP contribution in [0.25, 0.3) is 33.4 Å². The number of ether oxygens (including phenoxy) is 3. The van der Waals surface area contributed by atoms with E-state index in [1.807, 2.05) is 90.1 Å². The van der Waals surface area contributed by atoms with Gasteiger partial charge in [0.2, 0.25) is 0 Å². The Balaban J connectivity index is 0.000000127. The van der Waals surface area contributed by atoms with Gasteiger partial charge < -0.3 is 43.6 Å². The van der Waals surface area contributed by atoms with Crippen LogP contribution in [0, 0.1) is 35.2 Å². The van der Waals surface area contributed by atoms with Crippen LogP contribution in [0.5, 0.6) is 17.2 Å². The first-order valence-corrected chi connectivity index (χ1v) is 32.8. The van der Waals surface area contributed by atoms with E-state index >= 15 is 0 Å². The van der Waals surface area contributed by atoms with Crippen molar-refractivity contribution in [2.75, 3.05) is 68.9 Å². The van der Waals surface area contributed by atoms with Gasteiger partial charge in [-0.2, -0.15) is 15.3 Å². The van der Waals surface area contributed by atoms with E-state index in [1.165, 1.54) is 37.5 Å². The Morgan fingerprint density at radius 3 is 0.903 bits per heavy atom. The molecule has 93 heavy (non-hydrogen) atoms. The van der Waals surface area contributed by atoms with Gasteiger partial charge in [-0.1, -0.05) is 75.4 Å². The molecule has 6 aromatic rings. The summed E-state index contributed by atoms with van der Waals surface area (Å²) in [5.74, 6) is 4.33. The second-order valence-electron chi connectivity index (χ2n) is 26.5. The van der Waals surface area contributed by atoms with E-state index < -0.39 is 18.1 Å². The Hall–Kier alpha value is -9.27. The molecule has 15 rings (SSSR count). The van der Waals surface area contributed by atoms with Crippen LogP contribution in [-0.2, 0) is 14.4 Å². The predicted octanol–water partition coefficient (Wildman–Crippen LogP) is 12.4. The summed E-state index contributed by atoms with van der Waals surface area (Å²) in [5.41, 5.74) is 17.1. The first-order valence-electron chi connectivity index (χ1n) is 32.8. The van der Waals surface area contributed by atoms with Gasteiger partial charge in [0, 0.05) is 88.2 Å². The van der Waals surface area contributed by atoms with Crippen LogP contribution in [0.15, 0.2) is 124 Å². The highest BCUT2D eigenvalue weighted by molar-refractivity contribution is 6.12. The van der Waals surface area contributed by atoms with Gasteiger partial charge in [0.1, 0.15) is 72.6 Å². The summed E-state index contributed by atoms with van der Waals surface area (Å²) in [4.78, 5) is 49.9. The molecular formula is C72H81F3N12O6. The van der Waals surface area contributed by atoms with Gasteiger partial charge in [0.15, 0.2) is 17.5 Å². The molecule has 3 amide bonds. The van der Waals surface area contributed by atoms with Crippen molar-refractivity contribution in [1.82, 2.24) is 16.3 Å². The number of carbonyl (C=O) groups excluding carboxylic acids is 3. The lowest BCUT2D eigenvalue weighted by Gasteiger charge is -2.42. The molecule has 18 nitrogen and oxygen atoms in total. The Kier molecular flexibility index (Phi) is 17.3. The molecule has 3 N–H and O–H groups in total. The molecule has 9 atom stereocenters. The number of rotatable bonds is 6. The maximum absolute atomic E-state index is 14.9. The Morgan fingerprint density at radius 2 is 0.634 bits per heavy atom. The Labute approximate surface area is 541 Å². The van der Waals surface area contributed by atoms with E-state index in [4.69, 9.17) is 14.2 Å². The van der Waals surface area contributed by atoms with Crippen molar-refractivity contribution >= 4 is 69.4 Å². The Morgan fingerprint density at radius 1 is 0.366 bits per heavy atom. The number of hydrazone groups is 3. The third-order valence-electron chi connectivity index (χ3n) is 19.9. The number of halogens is 3. The van der Waals surface area contributed by atoms with E-state index in [0.29, 0.717) is 87.3 Å². The number of amidine groups is 3. The molecule has 21 heteroatoms. The molecule has 0 bridgehead atoms. The molecule has 0 radical (unpaired) electrons. The summed E-state index contributed by atoms with van der Waals surface area (Å²) in [5, 5.41) is 12.6. The monoisotopic (exact) mass is 1270 g/mol. The smallest absolute Gasteiger partial charge is 0.262 e. The SMILES string of the molecule is CC1C(=O)NN=C2COc3cc(-c4ccccc4F)c(N4C[C@H](C)CC[C@H]4C)cc3N21.C[C@@H]1CC[C@@H](C)N(c2cc3c(cc2-c2ccccc2F)OCC2=NNC(=O)[C@@H](C)N23)C1.C[C@@H]1CC[C@@H](C)N(c2cc3c(cc2-c2ccccc2F)OCC2=NNC(=O)[C@H](C)N23)C1. The number of anilines is 6. The molecular weight excluding hydrogens is 1190 g/mol. The largest absolute Gasteiger partial charge is 0.483 e. The second-order valence-corrected chi connectivity index (χ2v) is 26.5.